The van der Waals surface area contributed by atoms with Crippen molar-refractivity contribution in [2.75, 3.05) is 0 Å². The Hall–Kier alpha value is -19.4. The lowest BCUT2D eigenvalue weighted by Gasteiger charge is -2.21. The fraction of sp³-hybridized carbons (Fsp3) is 0.0301. The minimum Gasteiger partial charge on any atom is -0.327 e. The SMILES string of the molecule is CC1(C)c2ccccc2-c2c(-c3ccc(-c4c(-c5nc(-c6ccccc6)nc(-c6ccccc6)n5)ccc5ccccc45)cc3)cccc21.Cn1c(-c2ccc3cc(-c4c(-c5nc(-c6ccccc6)nc(-c6ccccc6)n5)ccc5ccccc45)ccc3c2)nc2ccccc21.c1ccc(-c2nc(-c3ccccc3)nc(-c3ccc4ccccc4c3-c3ccc(-c4nc5ccccc5n4-c4ccccc4)cc3)n2)cc1. The van der Waals surface area contributed by atoms with Gasteiger partial charge in [-0.1, -0.05) is 445 Å². The van der Waals surface area contributed by atoms with Crippen molar-refractivity contribution in [1.29, 1.82) is 0 Å². The van der Waals surface area contributed by atoms with E-state index in [-0.39, 0.29) is 5.41 Å². The van der Waals surface area contributed by atoms with Gasteiger partial charge in [0, 0.05) is 96.0 Å². The average molecular weight is 1870 g/mol. The average Bonchev–Trinajstić information content (AvgIpc) is 1.56. The predicted molar refractivity (Wildman–Crippen MR) is 598 cm³/mol. The molecule has 146 heavy (non-hydrogen) atoms. The van der Waals surface area contributed by atoms with E-state index in [9.17, 15) is 0 Å². The number of benzene rings is 21. The maximum atomic E-state index is 5.11. The molecule has 1 aliphatic carbocycles. The summed E-state index contributed by atoms with van der Waals surface area (Å²) in [4.78, 5) is 55.4. The van der Waals surface area contributed by atoms with E-state index in [1.54, 1.807) is 0 Å². The molecular formula is C133H91N13. The van der Waals surface area contributed by atoms with Crippen molar-refractivity contribution in [2.45, 2.75) is 19.3 Å². The molecule has 0 unspecified atom stereocenters. The van der Waals surface area contributed by atoms with E-state index < -0.39 is 0 Å². The molecule has 0 saturated carbocycles. The molecule has 5 heterocycles. The number of imidazole rings is 2. The van der Waals surface area contributed by atoms with E-state index >= 15 is 0 Å². The molecule has 1 aliphatic rings. The van der Waals surface area contributed by atoms with Crippen molar-refractivity contribution in [1.82, 2.24) is 64.0 Å². The summed E-state index contributed by atoms with van der Waals surface area (Å²) >= 11 is 0. The van der Waals surface area contributed by atoms with Gasteiger partial charge in [-0.2, -0.15) is 0 Å². The Morgan fingerprint density at radius 2 is 0.479 bits per heavy atom. The van der Waals surface area contributed by atoms with Crippen molar-refractivity contribution >= 4 is 65.2 Å². The molecule has 0 radical (unpaired) electrons. The minimum atomic E-state index is -0.0402. The molecule has 0 atom stereocenters. The Bertz CT molecular complexity index is 9260. The largest absolute Gasteiger partial charge is 0.327 e. The van der Waals surface area contributed by atoms with Crippen LogP contribution in [0.5, 0.6) is 0 Å². The molecule has 26 aromatic rings. The first kappa shape index (κ1) is 88.1. The molecule has 0 amide bonds. The van der Waals surface area contributed by atoms with E-state index in [2.05, 4.69) is 327 Å². The second kappa shape index (κ2) is 38.0. The van der Waals surface area contributed by atoms with Gasteiger partial charge in [0.15, 0.2) is 52.4 Å². The van der Waals surface area contributed by atoms with E-state index in [4.69, 9.17) is 54.8 Å². The van der Waals surface area contributed by atoms with Crippen molar-refractivity contribution in [2.24, 2.45) is 7.05 Å². The van der Waals surface area contributed by atoms with Gasteiger partial charge >= 0.3 is 0 Å². The summed E-state index contributed by atoms with van der Waals surface area (Å²) in [5.74, 6) is 7.64. The molecule has 5 aromatic heterocycles. The van der Waals surface area contributed by atoms with Crippen LogP contribution in [0.25, 0.3) is 252 Å². The molecule has 13 heteroatoms. The zero-order valence-corrected chi connectivity index (χ0v) is 80.2. The van der Waals surface area contributed by atoms with E-state index in [0.717, 1.165) is 172 Å². The quantitative estimate of drug-likeness (QED) is 0.0909. The van der Waals surface area contributed by atoms with Gasteiger partial charge < -0.3 is 4.57 Å². The van der Waals surface area contributed by atoms with Crippen LogP contribution in [-0.2, 0) is 12.5 Å². The number of aryl methyl sites for hydroxylation is 1. The molecule has 27 rings (SSSR count). The first-order valence-corrected chi connectivity index (χ1v) is 49.2. The number of fused-ring (bicyclic) bond motifs is 9. The van der Waals surface area contributed by atoms with Gasteiger partial charge in [0.05, 0.1) is 22.1 Å². The summed E-state index contributed by atoms with van der Waals surface area (Å²) in [6.07, 6.45) is 0. The molecule has 0 spiro atoms. The maximum Gasteiger partial charge on any atom is 0.164 e. The van der Waals surface area contributed by atoms with Gasteiger partial charge in [-0.15, -0.1) is 0 Å². The summed E-state index contributed by atoms with van der Waals surface area (Å²) in [6, 6.07) is 173. The molecule has 0 N–H and O–H groups in total. The fourth-order valence-corrected chi connectivity index (χ4v) is 20.7. The Balaban J connectivity index is 0.000000114. The monoisotopic (exact) mass is 1870 g/mol. The highest BCUT2D eigenvalue weighted by molar-refractivity contribution is 6.08. The van der Waals surface area contributed by atoms with Crippen molar-refractivity contribution in [3.8, 4) is 187 Å². The van der Waals surface area contributed by atoms with Crippen LogP contribution in [0.2, 0.25) is 0 Å². The molecule has 0 saturated heterocycles. The summed E-state index contributed by atoms with van der Waals surface area (Å²) < 4.78 is 4.39. The molecular weight excluding hydrogens is 1780 g/mol. The number of hydrogen-bond acceptors (Lipinski definition) is 11. The lowest BCUT2D eigenvalue weighted by Crippen LogP contribution is -2.14. The fourth-order valence-electron chi connectivity index (χ4n) is 20.7. The van der Waals surface area contributed by atoms with Crippen LogP contribution < -0.4 is 0 Å². The number of rotatable bonds is 16. The standard InChI is InChI=1S/C46H33N3.C44H29N5.C43H29N5/c1-46(2)39-22-12-11-20-37(39)42-36(21-13-23-40(42)46)31-24-26-32(27-25-31)41-35-19-10-9-14-30(35)28-29-38(41)45-48-43(33-15-5-3-6-16-33)47-44(49-45)34-17-7-4-8-18-34;1-4-15-32(16-5-1)41-46-42(33-17-6-2-7-18-33)48-43(47-41)37-29-28-30-14-10-11-21-36(30)40(37)31-24-26-34(27-25-31)44-45-38-22-12-13-23-39(38)49(44)35-19-8-3-9-20-35;1-48-38-19-11-10-18-37(38)44-43(48)34-23-21-31-26-33(22-20-32(31)27-34)39-35-17-9-8-12-28(35)24-25-36(39)42-46-40(29-13-4-2-5-14-29)45-41(47-42)30-15-6-3-7-16-30/h3-29H,1-2H3;1-29H;2-27H,1H3. The van der Waals surface area contributed by atoms with Crippen molar-refractivity contribution in [3.05, 3.63) is 509 Å². The number of nitrogens with zero attached hydrogens (tertiary/aromatic N) is 13. The zero-order valence-electron chi connectivity index (χ0n) is 80.2. The number of hydrogen-bond donors (Lipinski definition) is 0. The van der Waals surface area contributed by atoms with E-state index in [1.165, 1.54) is 38.8 Å². The smallest absolute Gasteiger partial charge is 0.164 e. The third-order valence-electron chi connectivity index (χ3n) is 27.9. The summed E-state index contributed by atoms with van der Waals surface area (Å²) in [5.41, 5.74) is 30.3. The van der Waals surface area contributed by atoms with Gasteiger partial charge in [0.2, 0.25) is 0 Å². The molecule has 0 bridgehead atoms. The third kappa shape index (κ3) is 16.7. The Labute approximate surface area is 844 Å². The Morgan fingerprint density at radius 1 is 0.178 bits per heavy atom. The van der Waals surface area contributed by atoms with Gasteiger partial charge in [0.25, 0.3) is 0 Å². The van der Waals surface area contributed by atoms with Crippen molar-refractivity contribution < 1.29 is 0 Å². The van der Waals surface area contributed by atoms with Gasteiger partial charge in [-0.25, -0.2) is 54.8 Å². The van der Waals surface area contributed by atoms with Crippen LogP contribution >= 0.6 is 0 Å². The predicted octanol–water partition coefficient (Wildman–Crippen LogP) is 32.8. The summed E-state index contributed by atoms with van der Waals surface area (Å²) in [6.45, 7) is 4.67. The van der Waals surface area contributed by atoms with Crippen LogP contribution in [0.1, 0.15) is 25.0 Å². The first-order chi connectivity index (χ1) is 72.0. The zero-order chi connectivity index (χ0) is 97.6. The highest BCUT2D eigenvalue weighted by atomic mass is 15.1. The van der Waals surface area contributed by atoms with Crippen LogP contribution in [-0.4, -0.2) is 64.0 Å². The second-order valence-corrected chi connectivity index (χ2v) is 37.2. The molecule has 13 nitrogen and oxygen atoms in total. The topological polar surface area (TPSA) is 152 Å². The minimum absolute atomic E-state index is 0.0402. The number of aromatic nitrogens is 13. The summed E-state index contributed by atoms with van der Waals surface area (Å²) in [7, 11) is 2.08. The molecule has 0 fully saturated rings. The third-order valence-corrected chi connectivity index (χ3v) is 27.9. The lowest BCUT2D eigenvalue weighted by atomic mass is 9.82. The van der Waals surface area contributed by atoms with Crippen LogP contribution in [0, 0.1) is 0 Å². The molecule has 688 valence electrons. The van der Waals surface area contributed by atoms with Gasteiger partial charge in [-0.3, -0.25) is 4.57 Å². The van der Waals surface area contributed by atoms with E-state index in [0.29, 0.717) is 52.4 Å². The highest BCUT2D eigenvalue weighted by Crippen LogP contribution is 2.53. The van der Waals surface area contributed by atoms with Crippen LogP contribution in [0.15, 0.2) is 497 Å². The normalized spacial score (nSPS) is 11.9. The molecule has 21 aromatic carbocycles. The Morgan fingerprint density at radius 3 is 0.911 bits per heavy atom. The second-order valence-electron chi connectivity index (χ2n) is 37.2. The number of para-hydroxylation sites is 5. The van der Waals surface area contributed by atoms with Crippen LogP contribution in [0.3, 0.4) is 0 Å². The highest BCUT2D eigenvalue weighted by Gasteiger charge is 2.37. The van der Waals surface area contributed by atoms with Crippen molar-refractivity contribution in [3.63, 3.8) is 0 Å². The van der Waals surface area contributed by atoms with E-state index in [1.807, 2.05) is 200 Å². The van der Waals surface area contributed by atoms with Gasteiger partial charge in [0.1, 0.15) is 11.6 Å². The van der Waals surface area contributed by atoms with Gasteiger partial charge in [-0.05, 0) is 160 Å². The maximum absolute atomic E-state index is 5.11. The molecule has 0 aliphatic heterocycles. The van der Waals surface area contributed by atoms with Crippen LogP contribution in [0.4, 0.5) is 0 Å². The summed E-state index contributed by atoms with van der Waals surface area (Å²) in [5, 5.41) is 9.23. The first-order valence-electron chi connectivity index (χ1n) is 49.2. The lowest BCUT2D eigenvalue weighted by molar-refractivity contribution is 0.660. The Kier molecular flexibility index (Phi) is 22.9.